The zero-order valence-electron chi connectivity index (χ0n) is 13.6. The Balaban J connectivity index is 2.27. The van der Waals surface area contributed by atoms with Gasteiger partial charge >= 0.3 is 0 Å². The lowest BCUT2D eigenvalue weighted by molar-refractivity contribution is 0.391. The van der Waals surface area contributed by atoms with Gasteiger partial charge in [0.25, 0.3) is 0 Å². The Labute approximate surface area is 128 Å². The molecule has 0 radical (unpaired) electrons. The lowest BCUT2D eigenvalue weighted by Gasteiger charge is -2.22. The molecule has 0 amide bonds. The Morgan fingerprint density at radius 1 is 1.19 bits per heavy atom. The number of aromatic nitrogens is 2. The van der Waals surface area contributed by atoms with Crippen LogP contribution in [-0.4, -0.2) is 16.2 Å². The van der Waals surface area contributed by atoms with E-state index in [2.05, 4.69) is 49.3 Å². The van der Waals surface area contributed by atoms with Crippen LogP contribution in [0.2, 0.25) is 0 Å². The van der Waals surface area contributed by atoms with E-state index in [0.29, 0.717) is 23.3 Å². The molecule has 1 N–H and O–H groups in total. The van der Waals surface area contributed by atoms with E-state index in [0.717, 1.165) is 36.4 Å². The molecule has 0 aliphatic heterocycles. The fraction of sp³-hybridized carbons (Fsp3) is 0.706. The maximum Gasteiger partial charge on any atom is 0.167 e. The maximum atomic E-state index is 9.53. The maximum absolute atomic E-state index is 9.53. The number of rotatable bonds is 5. The zero-order valence-corrected chi connectivity index (χ0v) is 13.6. The highest BCUT2D eigenvalue weighted by molar-refractivity contribution is 5.57. The van der Waals surface area contributed by atoms with Gasteiger partial charge in [-0.2, -0.15) is 10.4 Å². The monoisotopic (exact) mass is 286 g/mol. The third-order valence-electron chi connectivity index (χ3n) is 5.03. The Hall–Kier alpha value is -1.63. The Kier molecular flexibility index (Phi) is 5.17. The van der Waals surface area contributed by atoms with Gasteiger partial charge in [-0.05, 0) is 43.1 Å². The van der Waals surface area contributed by atoms with Crippen molar-refractivity contribution in [2.24, 2.45) is 11.8 Å². The number of nitriles is 1. The van der Waals surface area contributed by atoms with Gasteiger partial charge in [0.1, 0.15) is 11.6 Å². The number of nitrogens with zero attached hydrogens (tertiary/aromatic N) is 3. The van der Waals surface area contributed by atoms with Crippen molar-refractivity contribution in [1.29, 1.82) is 5.26 Å². The smallest absolute Gasteiger partial charge is 0.167 e. The first-order valence-corrected chi connectivity index (χ1v) is 8.21. The predicted molar refractivity (Wildman–Crippen MR) is 85.1 cm³/mol. The van der Waals surface area contributed by atoms with Crippen molar-refractivity contribution in [2.45, 2.75) is 65.8 Å². The fourth-order valence-electron chi connectivity index (χ4n) is 3.60. The van der Waals surface area contributed by atoms with Crippen molar-refractivity contribution in [3.05, 3.63) is 16.8 Å². The second-order valence-corrected chi connectivity index (χ2v) is 6.02. The van der Waals surface area contributed by atoms with E-state index < -0.39 is 0 Å². The fourth-order valence-corrected chi connectivity index (χ4v) is 3.60. The summed E-state index contributed by atoms with van der Waals surface area (Å²) in [5.41, 5.74) is 2.69. The molecular formula is C17H26N4. The SMILES string of the molecule is CCc1nnc(NC2CCC(CC)C2C)c(C#N)c1CC. The normalized spacial score (nSPS) is 24.8. The van der Waals surface area contributed by atoms with Crippen LogP contribution in [0.4, 0.5) is 5.82 Å². The van der Waals surface area contributed by atoms with Crippen molar-refractivity contribution < 1.29 is 0 Å². The summed E-state index contributed by atoms with van der Waals surface area (Å²) in [6.07, 6.45) is 5.30. The second kappa shape index (κ2) is 6.89. The number of nitrogens with one attached hydrogen (secondary N) is 1. The Morgan fingerprint density at radius 2 is 1.95 bits per heavy atom. The summed E-state index contributed by atoms with van der Waals surface area (Å²) in [7, 11) is 0. The van der Waals surface area contributed by atoms with E-state index in [1.807, 2.05) is 0 Å². The molecule has 4 heteroatoms. The van der Waals surface area contributed by atoms with Gasteiger partial charge in [0.15, 0.2) is 5.82 Å². The minimum Gasteiger partial charge on any atom is -0.364 e. The molecule has 1 aliphatic carbocycles. The number of aryl methyl sites for hydroxylation is 1. The molecule has 1 fully saturated rings. The number of anilines is 1. The van der Waals surface area contributed by atoms with E-state index in [4.69, 9.17) is 0 Å². The summed E-state index contributed by atoms with van der Waals surface area (Å²) >= 11 is 0. The van der Waals surface area contributed by atoms with E-state index in [9.17, 15) is 5.26 Å². The molecule has 1 aromatic rings. The van der Waals surface area contributed by atoms with Crippen molar-refractivity contribution >= 4 is 5.82 Å². The minimum atomic E-state index is 0.411. The van der Waals surface area contributed by atoms with Crippen LogP contribution >= 0.6 is 0 Å². The third kappa shape index (κ3) is 3.02. The molecule has 0 bridgehead atoms. The van der Waals surface area contributed by atoms with Crippen LogP contribution in [0.5, 0.6) is 0 Å². The van der Waals surface area contributed by atoms with Crippen molar-refractivity contribution in [3.63, 3.8) is 0 Å². The van der Waals surface area contributed by atoms with E-state index in [1.165, 1.54) is 12.8 Å². The van der Waals surface area contributed by atoms with Crippen LogP contribution < -0.4 is 5.32 Å². The molecule has 3 atom stereocenters. The molecule has 0 aromatic carbocycles. The predicted octanol–water partition coefficient (Wildman–Crippen LogP) is 3.71. The highest BCUT2D eigenvalue weighted by Gasteiger charge is 2.32. The highest BCUT2D eigenvalue weighted by atomic mass is 15.2. The van der Waals surface area contributed by atoms with E-state index >= 15 is 0 Å². The summed E-state index contributed by atoms with van der Waals surface area (Å²) in [4.78, 5) is 0. The quantitative estimate of drug-likeness (QED) is 0.896. The van der Waals surface area contributed by atoms with Crippen molar-refractivity contribution in [2.75, 3.05) is 5.32 Å². The highest BCUT2D eigenvalue weighted by Crippen LogP contribution is 2.36. The summed E-state index contributed by atoms with van der Waals surface area (Å²) in [5, 5.41) is 21.6. The first-order valence-electron chi connectivity index (χ1n) is 8.21. The van der Waals surface area contributed by atoms with Gasteiger partial charge in [-0.15, -0.1) is 5.10 Å². The molecule has 21 heavy (non-hydrogen) atoms. The molecule has 1 saturated carbocycles. The molecule has 0 spiro atoms. The molecule has 114 valence electrons. The lowest BCUT2D eigenvalue weighted by Crippen LogP contribution is -2.26. The van der Waals surface area contributed by atoms with Crippen LogP contribution in [-0.2, 0) is 12.8 Å². The minimum absolute atomic E-state index is 0.411. The summed E-state index contributed by atoms with van der Waals surface area (Å²) in [6, 6.07) is 2.75. The Bertz CT molecular complexity index is 532. The van der Waals surface area contributed by atoms with Crippen LogP contribution in [0.15, 0.2) is 0 Å². The molecule has 0 saturated heterocycles. The molecule has 1 aliphatic rings. The average molecular weight is 286 g/mol. The van der Waals surface area contributed by atoms with Gasteiger partial charge < -0.3 is 5.32 Å². The van der Waals surface area contributed by atoms with Gasteiger partial charge in [0, 0.05) is 6.04 Å². The second-order valence-electron chi connectivity index (χ2n) is 6.02. The molecule has 1 aromatic heterocycles. The van der Waals surface area contributed by atoms with Gasteiger partial charge in [0.05, 0.1) is 5.69 Å². The van der Waals surface area contributed by atoms with Crippen LogP contribution in [0, 0.1) is 23.2 Å². The standard InChI is InChI=1S/C17H26N4/c1-5-12-8-9-16(11(12)4)19-17-14(10-18)13(6-2)15(7-3)20-21-17/h11-12,16H,5-9H2,1-4H3,(H,19,21). The van der Waals surface area contributed by atoms with Gasteiger partial charge in [0.2, 0.25) is 0 Å². The first-order chi connectivity index (χ1) is 10.2. The van der Waals surface area contributed by atoms with Gasteiger partial charge in [-0.3, -0.25) is 0 Å². The van der Waals surface area contributed by atoms with Crippen LogP contribution in [0.25, 0.3) is 0 Å². The van der Waals surface area contributed by atoms with Crippen LogP contribution in [0.1, 0.15) is 63.8 Å². The summed E-state index contributed by atoms with van der Waals surface area (Å²) in [5.74, 6) is 2.08. The average Bonchev–Trinajstić information content (AvgIpc) is 2.86. The molecule has 3 unspecified atom stereocenters. The van der Waals surface area contributed by atoms with Gasteiger partial charge in [-0.25, -0.2) is 0 Å². The largest absolute Gasteiger partial charge is 0.364 e. The topological polar surface area (TPSA) is 61.6 Å². The molecule has 4 nitrogen and oxygen atoms in total. The van der Waals surface area contributed by atoms with Gasteiger partial charge in [-0.1, -0.05) is 34.1 Å². The summed E-state index contributed by atoms with van der Waals surface area (Å²) in [6.45, 7) is 8.70. The first kappa shape index (κ1) is 15.8. The van der Waals surface area contributed by atoms with E-state index in [1.54, 1.807) is 0 Å². The third-order valence-corrected chi connectivity index (χ3v) is 5.03. The molecular weight excluding hydrogens is 260 g/mol. The van der Waals surface area contributed by atoms with E-state index in [-0.39, 0.29) is 0 Å². The molecule has 1 heterocycles. The number of hydrogen-bond acceptors (Lipinski definition) is 4. The van der Waals surface area contributed by atoms with Crippen LogP contribution in [0.3, 0.4) is 0 Å². The Morgan fingerprint density at radius 3 is 2.48 bits per heavy atom. The number of hydrogen-bond donors (Lipinski definition) is 1. The lowest BCUT2D eigenvalue weighted by atomic mass is 9.93. The van der Waals surface area contributed by atoms with Crippen molar-refractivity contribution in [3.8, 4) is 6.07 Å². The molecule has 2 rings (SSSR count). The zero-order chi connectivity index (χ0) is 15.4. The summed E-state index contributed by atoms with van der Waals surface area (Å²) < 4.78 is 0. The van der Waals surface area contributed by atoms with Crippen molar-refractivity contribution in [1.82, 2.24) is 10.2 Å².